The summed E-state index contributed by atoms with van der Waals surface area (Å²) in [6, 6.07) is 5.53. The molecule has 0 spiro atoms. The maximum absolute atomic E-state index is 11.5. The summed E-state index contributed by atoms with van der Waals surface area (Å²) in [7, 11) is 0. The van der Waals surface area contributed by atoms with E-state index in [-0.39, 0.29) is 10.7 Å². The van der Waals surface area contributed by atoms with Gasteiger partial charge in [-0.1, -0.05) is 30.0 Å². The summed E-state index contributed by atoms with van der Waals surface area (Å²) < 4.78 is 0. The van der Waals surface area contributed by atoms with E-state index in [0.717, 1.165) is 17.7 Å². The summed E-state index contributed by atoms with van der Waals surface area (Å²) in [5.41, 5.74) is 1.56. The van der Waals surface area contributed by atoms with Gasteiger partial charge in [-0.3, -0.25) is 9.59 Å². The number of aromatic amines is 1. The summed E-state index contributed by atoms with van der Waals surface area (Å²) in [5.74, 6) is 0.789. The number of thioether (sulfide) groups is 1. The standard InChI is InChI=1S/C14H14N2O2S/c1-10(17)19-7-3-2-4-11-5-6-12-13(8-11)15-9-16-14(12)18/h2,4-6,8-9H,3,7H2,1H3,(H,15,16,18). The third-order valence-electron chi connectivity index (χ3n) is 2.57. The summed E-state index contributed by atoms with van der Waals surface area (Å²) >= 11 is 1.32. The highest BCUT2D eigenvalue weighted by Crippen LogP contribution is 2.12. The van der Waals surface area contributed by atoms with Gasteiger partial charge in [0, 0.05) is 12.7 Å². The number of benzene rings is 1. The molecule has 5 heteroatoms. The number of carbonyl (C=O) groups excluding carboxylic acids is 1. The molecule has 0 unspecified atom stereocenters. The molecule has 0 aliphatic carbocycles. The van der Waals surface area contributed by atoms with Crippen molar-refractivity contribution in [2.24, 2.45) is 0 Å². The largest absolute Gasteiger partial charge is 0.313 e. The van der Waals surface area contributed by atoms with E-state index in [2.05, 4.69) is 9.97 Å². The zero-order chi connectivity index (χ0) is 13.7. The molecular formula is C14H14N2O2S. The normalized spacial score (nSPS) is 11.2. The van der Waals surface area contributed by atoms with Gasteiger partial charge in [0.25, 0.3) is 5.56 Å². The van der Waals surface area contributed by atoms with Crippen LogP contribution in [0.3, 0.4) is 0 Å². The summed E-state index contributed by atoms with van der Waals surface area (Å²) in [6.07, 6.45) is 6.24. The number of rotatable bonds is 4. The molecule has 2 aromatic rings. The Labute approximate surface area is 114 Å². The lowest BCUT2D eigenvalue weighted by molar-refractivity contribution is -0.109. The third-order valence-corrected chi connectivity index (χ3v) is 3.41. The van der Waals surface area contributed by atoms with Crippen LogP contribution in [0.2, 0.25) is 0 Å². The highest BCUT2D eigenvalue weighted by molar-refractivity contribution is 8.13. The minimum Gasteiger partial charge on any atom is -0.313 e. The number of hydrogen-bond acceptors (Lipinski definition) is 4. The van der Waals surface area contributed by atoms with Crippen LogP contribution in [0.1, 0.15) is 18.9 Å². The molecule has 0 saturated carbocycles. The van der Waals surface area contributed by atoms with Crippen LogP contribution in [0.15, 0.2) is 35.4 Å². The van der Waals surface area contributed by atoms with E-state index >= 15 is 0 Å². The number of nitrogens with one attached hydrogen (secondary N) is 1. The van der Waals surface area contributed by atoms with Crippen molar-refractivity contribution in [2.75, 3.05) is 5.75 Å². The van der Waals surface area contributed by atoms with Gasteiger partial charge in [-0.05, 0) is 24.1 Å². The molecule has 0 aliphatic rings. The first kappa shape index (κ1) is 13.5. The monoisotopic (exact) mass is 274 g/mol. The molecule has 1 aromatic carbocycles. The Bertz CT molecular complexity index is 676. The van der Waals surface area contributed by atoms with E-state index in [1.54, 1.807) is 13.0 Å². The number of nitrogens with zero attached hydrogens (tertiary/aromatic N) is 1. The van der Waals surface area contributed by atoms with Crippen LogP contribution in [0, 0.1) is 0 Å². The number of aromatic nitrogens is 2. The van der Waals surface area contributed by atoms with E-state index in [9.17, 15) is 9.59 Å². The van der Waals surface area contributed by atoms with Crippen molar-refractivity contribution in [3.63, 3.8) is 0 Å². The Morgan fingerprint density at radius 1 is 1.47 bits per heavy atom. The molecule has 19 heavy (non-hydrogen) atoms. The molecule has 1 heterocycles. The van der Waals surface area contributed by atoms with Gasteiger partial charge in [0.2, 0.25) is 0 Å². The van der Waals surface area contributed by atoms with E-state index in [0.29, 0.717) is 10.9 Å². The Hall–Kier alpha value is -1.88. The van der Waals surface area contributed by atoms with Crippen molar-refractivity contribution in [1.82, 2.24) is 9.97 Å². The number of carbonyl (C=O) groups is 1. The van der Waals surface area contributed by atoms with Gasteiger partial charge in [-0.25, -0.2) is 4.98 Å². The minimum absolute atomic E-state index is 0.126. The zero-order valence-corrected chi connectivity index (χ0v) is 11.4. The lowest BCUT2D eigenvalue weighted by atomic mass is 10.1. The van der Waals surface area contributed by atoms with Gasteiger partial charge >= 0.3 is 0 Å². The maximum Gasteiger partial charge on any atom is 0.258 e. The second-order valence-corrected chi connectivity index (χ2v) is 5.31. The van der Waals surface area contributed by atoms with Crippen LogP contribution in [0.25, 0.3) is 17.0 Å². The number of allylic oxidation sites excluding steroid dienone is 1. The average Bonchev–Trinajstić information content (AvgIpc) is 2.38. The van der Waals surface area contributed by atoms with Crippen molar-refractivity contribution >= 4 is 33.9 Å². The molecule has 0 saturated heterocycles. The highest BCUT2D eigenvalue weighted by atomic mass is 32.2. The van der Waals surface area contributed by atoms with Crippen LogP contribution < -0.4 is 5.56 Å². The van der Waals surface area contributed by atoms with Crippen molar-refractivity contribution in [1.29, 1.82) is 0 Å². The van der Waals surface area contributed by atoms with E-state index in [1.165, 1.54) is 18.1 Å². The second kappa shape index (κ2) is 6.33. The first-order chi connectivity index (χ1) is 9.16. The van der Waals surface area contributed by atoms with Crippen LogP contribution >= 0.6 is 11.8 Å². The van der Waals surface area contributed by atoms with E-state index in [4.69, 9.17) is 0 Å². The smallest absolute Gasteiger partial charge is 0.258 e. The minimum atomic E-state index is -0.126. The first-order valence-electron chi connectivity index (χ1n) is 5.94. The lowest BCUT2D eigenvalue weighted by Crippen LogP contribution is -2.05. The fraction of sp³-hybridized carbons (Fsp3) is 0.214. The van der Waals surface area contributed by atoms with E-state index < -0.39 is 0 Å². The quantitative estimate of drug-likeness (QED) is 0.870. The Balaban J connectivity index is 2.07. The van der Waals surface area contributed by atoms with Gasteiger partial charge in [-0.2, -0.15) is 0 Å². The molecule has 0 radical (unpaired) electrons. The van der Waals surface area contributed by atoms with Crippen molar-refractivity contribution in [3.05, 3.63) is 46.5 Å². The summed E-state index contributed by atoms with van der Waals surface area (Å²) in [6.45, 7) is 1.57. The van der Waals surface area contributed by atoms with Gasteiger partial charge in [0.05, 0.1) is 17.2 Å². The molecule has 0 bridgehead atoms. The van der Waals surface area contributed by atoms with Gasteiger partial charge in [0.1, 0.15) is 0 Å². The Kier molecular flexibility index (Phi) is 4.52. The second-order valence-electron chi connectivity index (χ2n) is 4.04. The zero-order valence-electron chi connectivity index (χ0n) is 10.6. The van der Waals surface area contributed by atoms with Gasteiger partial charge < -0.3 is 4.98 Å². The molecule has 1 aromatic heterocycles. The van der Waals surface area contributed by atoms with Crippen molar-refractivity contribution in [3.8, 4) is 0 Å². The predicted molar refractivity (Wildman–Crippen MR) is 79.2 cm³/mol. The molecule has 1 N–H and O–H groups in total. The molecule has 4 nitrogen and oxygen atoms in total. The molecule has 0 atom stereocenters. The fourth-order valence-electron chi connectivity index (χ4n) is 1.68. The fourth-order valence-corrected chi connectivity index (χ4v) is 2.22. The molecule has 0 fully saturated rings. The molecule has 0 amide bonds. The van der Waals surface area contributed by atoms with Gasteiger partial charge in [0.15, 0.2) is 5.12 Å². The van der Waals surface area contributed by atoms with Crippen LogP contribution in [-0.4, -0.2) is 20.8 Å². The third kappa shape index (κ3) is 3.79. The Morgan fingerprint density at radius 3 is 3.11 bits per heavy atom. The number of fused-ring (bicyclic) bond motifs is 1. The predicted octanol–water partition coefficient (Wildman–Crippen LogP) is 2.61. The summed E-state index contributed by atoms with van der Waals surface area (Å²) in [4.78, 5) is 28.9. The highest BCUT2D eigenvalue weighted by Gasteiger charge is 1.98. The lowest BCUT2D eigenvalue weighted by Gasteiger charge is -1.98. The SMILES string of the molecule is CC(=O)SCCC=Cc1ccc2c(=O)[nH]cnc2c1. The maximum atomic E-state index is 11.5. The van der Waals surface area contributed by atoms with E-state index in [1.807, 2.05) is 24.3 Å². The topological polar surface area (TPSA) is 62.8 Å². The summed E-state index contributed by atoms with van der Waals surface area (Å²) in [5, 5.41) is 0.731. The van der Waals surface area contributed by atoms with Crippen LogP contribution in [-0.2, 0) is 4.79 Å². The average molecular weight is 274 g/mol. The van der Waals surface area contributed by atoms with Crippen LogP contribution in [0.5, 0.6) is 0 Å². The van der Waals surface area contributed by atoms with Crippen molar-refractivity contribution in [2.45, 2.75) is 13.3 Å². The van der Waals surface area contributed by atoms with Crippen molar-refractivity contribution < 1.29 is 4.79 Å². The first-order valence-corrected chi connectivity index (χ1v) is 6.93. The molecular weight excluding hydrogens is 260 g/mol. The molecule has 0 aliphatic heterocycles. The number of H-pyrrole nitrogens is 1. The number of hydrogen-bond donors (Lipinski definition) is 1. The molecule has 2 rings (SSSR count). The Morgan fingerprint density at radius 2 is 2.32 bits per heavy atom. The van der Waals surface area contributed by atoms with Crippen LogP contribution in [0.4, 0.5) is 0 Å². The van der Waals surface area contributed by atoms with Gasteiger partial charge in [-0.15, -0.1) is 0 Å². The molecule has 98 valence electrons.